The molecule has 1 heterocycles. The Kier molecular flexibility index (Phi) is 3.47. The summed E-state index contributed by atoms with van der Waals surface area (Å²) in [5.74, 6) is 0.669. The second kappa shape index (κ2) is 4.87. The molecule has 0 amide bonds. The highest BCUT2D eigenvalue weighted by atomic mass is 16.7. The van der Waals surface area contributed by atoms with Crippen molar-refractivity contribution in [3.8, 4) is 0 Å². The number of hydrogen-bond donors (Lipinski definition) is 1. The van der Waals surface area contributed by atoms with E-state index in [2.05, 4.69) is 0 Å². The largest absolute Gasteiger partial charge is 0.459 e. The lowest BCUT2D eigenvalue weighted by Gasteiger charge is -2.18. The van der Waals surface area contributed by atoms with Gasteiger partial charge in [0, 0.05) is 19.6 Å². The average molecular weight is 235 g/mol. The quantitative estimate of drug-likeness (QED) is 0.826. The lowest BCUT2D eigenvalue weighted by Crippen LogP contribution is -2.29. The lowest BCUT2D eigenvalue weighted by atomic mass is 10.1. The molecule has 1 aromatic heterocycles. The third-order valence-electron chi connectivity index (χ3n) is 2.85. The van der Waals surface area contributed by atoms with E-state index in [9.17, 15) is 0 Å². The molecule has 4 heteroatoms. The van der Waals surface area contributed by atoms with Gasteiger partial charge in [0.05, 0.1) is 0 Å². The summed E-state index contributed by atoms with van der Waals surface area (Å²) < 4.78 is 16.0. The van der Waals surface area contributed by atoms with Gasteiger partial charge in [-0.1, -0.05) is 18.2 Å². The van der Waals surface area contributed by atoms with E-state index in [0.717, 1.165) is 16.5 Å². The van der Waals surface area contributed by atoms with E-state index in [1.54, 1.807) is 14.2 Å². The van der Waals surface area contributed by atoms with Crippen LogP contribution in [0.4, 0.5) is 0 Å². The van der Waals surface area contributed by atoms with Crippen LogP contribution in [-0.2, 0) is 9.47 Å². The molecule has 1 atom stereocenters. The number of methoxy groups -OCH3 is 2. The first-order valence-corrected chi connectivity index (χ1v) is 5.47. The van der Waals surface area contributed by atoms with Crippen LogP contribution < -0.4 is 5.73 Å². The highest BCUT2D eigenvalue weighted by molar-refractivity contribution is 5.80. The number of aryl methyl sites for hydroxylation is 1. The maximum Gasteiger partial charge on any atom is 0.179 e. The van der Waals surface area contributed by atoms with Crippen molar-refractivity contribution in [3.05, 3.63) is 35.6 Å². The molecule has 4 nitrogen and oxygen atoms in total. The molecule has 2 aromatic rings. The number of ether oxygens (including phenoxy) is 2. The zero-order valence-electron chi connectivity index (χ0n) is 10.3. The second-order valence-corrected chi connectivity index (χ2v) is 4.01. The van der Waals surface area contributed by atoms with Crippen molar-refractivity contribution in [2.45, 2.75) is 19.3 Å². The van der Waals surface area contributed by atoms with Crippen LogP contribution in [0, 0.1) is 6.92 Å². The van der Waals surface area contributed by atoms with Gasteiger partial charge in [-0.2, -0.15) is 0 Å². The Morgan fingerprint density at radius 1 is 1.24 bits per heavy atom. The Labute approximate surface area is 100 Å². The molecule has 0 radical (unpaired) electrons. The van der Waals surface area contributed by atoms with E-state index in [1.165, 1.54) is 0 Å². The van der Waals surface area contributed by atoms with E-state index in [0.29, 0.717) is 5.76 Å². The first kappa shape index (κ1) is 12.1. The molecular weight excluding hydrogens is 218 g/mol. The van der Waals surface area contributed by atoms with Gasteiger partial charge in [0.15, 0.2) is 6.29 Å². The molecular formula is C13H17NO3. The van der Waals surface area contributed by atoms with E-state index in [1.807, 2.05) is 31.2 Å². The van der Waals surface area contributed by atoms with Crippen molar-refractivity contribution < 1.29 is 13.9 Å². The van der Waals surface area contributed by atoms with Crippen molar-refractivity contribution >= 4 is 11.0 Å². The minimum atomic E-state index is -0.504. The number of nitrogens with two attached hydrogens (primary N) is 1. The summed E-state index contributed by atoms with van der Waals surface area (Å²) in [6, 6.07) is 7.49. The van der Waals surface area contributed by atoms with Crippen LogP contribution in [0.2, 0.25) is 0 Å². The molecule has 0 aliphatic heterocycles. The van der Waals surface area contributed by atoms with Crippen molar-refractivity contribution in [2.24, 2.45) is 5.73 Å². The summed E-state index contributed by atoms with van der Waals surface area (Å²) in [5, 5.41) is 1.04. The minimum absolute atomic E-state index is 0.434. The van der Waals surface area contributed by atoms with Gasteiger partial charge < -0.3 is 19.6 Å². The number of furan rings is 1. The zero-order valence-corrected chi connectivity index (χ0v) is 10.3. The average Bonchev–Trinajstić information content (AvgIpc) is 2.76. The second-order valence-electron chi connectivity index (χ2n) is 4.01. The molecule has 0 aliphatic rings. The first-order valence-electron chi connectivity index (χ1n) is 5.47. The summed E-state index contributed by atoms with van der Waals surface area (Å²) in [7, 11) is 3.11. The summed E-state index contributed by atoms with van der Waals surface area (Å²) in [6.07, 6.45) is -0.504. The molecule has 1 aromatic carbocycles. The van der Waals surface area contributed by atoms with Gasteiger partial charge >= 0.3 is 0 Å². The highest BCUT2D eigenvalue weighted by Gasteiger charge is 2.22. The highest BCUT2D eigenvalue weighted by Crippen LogP contribution is 2.27. The molecule has 0 aliphatic carbocycles. The topological polar surface area (TPSA) is 57.6 Å². The first-order chi connectivity index (χ1) is 8.17. The zero-order chi connectivity index (χ0) is 12.4. The van der Waals surface area contributed by atoms with Gasteiger partial charge in [-0.3, -0.25) is 0 Å². The van der Waals surface area contributed by atoms with Crippen molar-refractivity contribution in [3.63, 3.8) is 0 Å². The van der Waals surface area contributed by atoms with E-state index in [-0.39, 0.29) is 0 Å². The molecule has 0 bridgehead atoms. The SMILES string of the molecule is COC(OC)C(N)c1cc2cccc(C)c2o1. The Bertz CT molecular complexity index is 502. The fraction of sp³-hybridized carbons (Fsp3) is 0.385. The molecule has 0 saturated heterocycles. The van der Waals surface area contributed by atoms with Crippen LogP contribution in [-0.4, -0.2) is 20.5 Å². The standard InChI is InChI=1S/C13H17NO3/c1-8-5-4-6-9-7-10(17-12(8)9)11(14)13(15-2)16-3/h4-7,11,13H,14H2,1-3H3. The Balaban J connectivity index is 2.39. The fourth-order valence-corrected chi connectivity index (χ4v) is 1.92. The van der Waals surface area contributed by atoms with Gasteiger partial charge in [0.25, 0.3) is 0 Å². The minimum Gasteiger partial charge on any atom is -0.459 e. The van der Waals surface area contributed by atoms with Gasteiger partial charge in [-0.25, -0.2) is 0 Å². The van der Waals surface area contributed by atoms with Crippen LogP contribution in [0.1, 0.15) is 17.4 Å². The number of para-hydroxylation sites is 1. The van der Waals surface area contributed by atoms with Crippen LogP contribution >= 0.6 is 0 Å². The van der Waals surface area contributed by atoms with Crippen molar-refractivity contribution in [1.82, 2.24) is 0 Å². The Morgan fingerprint density at radius 2 is 1.94 bits per heavy atom. The van der Waals surface area contributed by atoms with Gasteiger partial charge in [-0.05, 0) is 18.6 Å². The summed E-state index contributed by atoms with van der Waals surface area (Å²) >= 11 is 0. The number of hydrogen-bond acceptors (Lipinski definition) is 4. The maximum absolute atomic E-state index is 6.03. The summed E-state index contributed by atoms with van der Waals surface area (Å²) in [5.41, 5.74) is 7.99. The van der Waals surface area contributed by atoms with Crippen LogP contribution in [0.3, 0.4) is 0 Å². The monoisotopic (exact) mass is 235 g/mol. The summed E-state index contributed by atoms with van der Waals surface area (Å²) in [4.78, 5) is 0. The third kappa shape index (κ3) is 2.20. The normalized spacial score (nSPS) is 13.5. The predicted molar refractivity (Wildman–Crippen MR) is 65.7 cm³/mol. The molecule has 0 fully saturated rings. The van der Waals surface area contributed by atoms with Gasteiger partial charge in [0.2, 0.25) is 0 Å². The van der Waals surface area contributed by atoms with Crippen molar-refractivity contribution in [1.29, 1.82) is 0 Å². The van der Waals surface area contributed by atoms with Gasteiger partial charge in [-0.15, -0.1) is 0 Å². The van der Waals surface area contributed by atoms with E-state index >= 15 is 0 Å². The molecule has 2 rings (SSSR count). The number of benzene rings is 1. The molecule has 2 N–H and O–H groups in total. The van der Waals surface area contributed by atoms with Crippen molar-refractivity contribution in [2.75, 3.05) is 14.2 Å². The summed E-state index contributed by atoms with van der Waals surface area (Å²) in [6.45, 7) is 2.01. The molecule has 17 heavy (non-hydrogen) atoms. The van der Waals surface area contributed by atoms with Gasteiger partial charge in [0.1, 0.15) is 17.4 Å². The Morgan fingerprint density at radius 3 is 2.53 bits per heavy atom. The molecule has 0 saturated carbocycles. The number of rotatable bonds is 4. The lowest BCUT2D eigenvalue weighted by molar-refractivity contribution is -0.120. The van der Waals surface area contributed by atoms with Crippen LogP contribution in [0.15, 0.2) is 28.7 Å². The predicted octanol–water partition coefficient (Wildman–Crippen LogP) is 2.36. The molecule has 92 valence electrons. The third-order valence-corrected chi connectivity index (χ3v) is 2.85. The van der Waals surface area contributed by atoms with Crippen LogP contribution in [0.25, 0.3) is 11.0 Å². The Hall–Kier alpha value is -1.36. The number of fused-ring (bicyclic) bond motifs is 1. The van der Waals surface area contributed by atoms with Crippen LogP contribution in [0.5, 0.6) is 0 Å². The maximum atomic E-state index is 6.03. The molecule has 0 spiro atoms. The van der Waals surface area contributed by atoms with E-state index < -0.39 is 12.3 Å². The smallest absolute Gasteiger partial charge is 0.179 e. The molecule has 1 unspecified atom stereocenters. The van der Waals surface area contributed by atoms with E-state index in [4.69, 9.17) is 19.6 Å². The fourth-order valence-electron chi connectivity index (χ4n) is 1.92.